The number of hydrogen-bond donors (Lipinski definition) is 1. The van der Waals surface area contributed by atoms with Crippen molar-refractivity contribution in [3.05, 3.63) is 66.7 Å². The first-order valence-corrected chi connectivity index (χ1v) is 8.30. The Labute approximate surface area is 127 Å². The fourth-order valence-corrected chi connectivity index (χ4v) is 3.76. The zero-order valence-corrected chi connectivity index (χ0v) is 12.3. The van der Waals surface area contributed by atoms with Crippen molar-refractivity contribution in [1.82, 2.24) is 0 Å². The molecule has 0 bridgehead atoms. The molecule has 0 saturated carbocycles. The molecule has 1 N–H and O–H groups in total. The lowest BCUT2D eigenvalue weighted by Gasteiger charge is -2.10. The molecule has 4 aromatic rings. The van der Waals surface area contributed by atoms with Crippen molar-refractivity contribution in [3.8, 4) is 0 Å². The summed E-state index contributed by atoms with van der Waals surface area (Å²) in [5, 5.41) is 5.15. The van der Waals surface area contributed by atoms with Gasteiger partial charge in [0.15, 0.2) is 0 Å². The molecule has 0 radical (unpaired) electrons. The minimum absolute atomic E-state index is 0.0491. The molecule has 0 saturated heterocycles. The van der Waals surface area contributed by atoms with Crippen LogP contribution < -0.4 is 0 Å². The third-order valence-electron chi connectivity index (χ3n) is 4.01. The van der Waals surface area contributed by atoms with Gasteiger partial charge in [-0.2, -0.15) is 8.42 Å². The van der Waals surface area contributed by atoms with E-state index in [-0.39, 0.29) is 4.90 Å². The summed E-state index contributed by atoms with van der Waals surface area (Å²) in [6.07, 6.45) is 0. The fourth-order valence-electron chi connectivity index (χ4n) is 3.04. The average Bonchev–Trinajstić information content (AvgIpc) is 2.52. The second-order valence-electron chi connectivity index (χ2n) is 5.28. The third kappa shape index (κ3) is 1.89. The van der Waals surface area contributed by atoms with Crippen LogP contribution in [0.4, 0.5) is 0 Å². The van der Waals surface area contributed by atoms with Crippen LogP contribution >= 0.6 is 0 Å². The van der Waals surface area contributed by atoms with Gasteiger partial charge in [0.2, 0.25) is 0 Å². The highest BCUT2D eigenvalue weighted by Crippen LogP contribution is 2.35. The highest BCUT2D eigenvalue weighted by Gasteiger charge is 2.17. The van der Waals surface area contributed by atoms with Gasteiger partial charge in [0.1, 0.15) is 4.90 Å². The van der Waals surface area contributed by atoms with Crippen LogP contribution in [0.3, 0.4) is 0 Å². The summed E-state index contributed by atoms with van der Waals surface area (Å²) in [7, 11) is -4.29. The number of hydrogen-bond acceptors (Lipinski definition) is 2. The van der Waals surface area contributed by atoms with E-state index in [1.54, 1.807) is 18.2 Å². The van der Waals surface area contributed by atoms with E-state index in [0.29, 0.717) is 5.39 Å². The summed E-state index contributed by atoms with van der Waals surface area (Å²) >= 11 is 0. The van der Waals surface area contributed by atoms with Gasteiger partial charge in [-0.1, -0.05) is 60.7 Å². The fraction of sp³-hybridized carbons (Fsp3) is 0. The van der Waals surface area contributed by atoms with Crippen molar-refractivity contribution in [1.29, 1.82) is 0 Å². The second kappa shape index (κ2) is 4.53. The van der Waals surface area contributed by atoms with E-state index in [9.17, 15) is 13.0 Å². The highest BCUT2D eigenvalue weighted by atomic mass is 32.2. The van der Waals surface area contributed by atoms with Crippen LogP contribution in [0.1, 0.15) is 0 Å². The van der Waals surface area contributed by atoms with E-state index in [1.165, 1.54) is 0 Å². The topological polar surface area (TPSA) is 54.4 Å². The van der Waals surface area contributed by atoms with Gasteiger partial charge in [-0.25, -0.2) is 0 Å². The zero-order valence-electron chi connectivity index (χ0n) is 11.5. The number of fused-ring (bicyclic) bond motifs is 5. The van der Waals surface area contributed by atoms with Gasteiger partial charge >= 0.3 is 0 Å². The van der Waals surface area contributed by atoms with Crippen LogP contribution in [-0.4, -0.2) is 13.0 Å². The second-order valence-corrected chi connectivity index (χ2v) is 6.67. The maximum atomic E-state index is 11.8. The number of rotatable bonds is 1. The van der Waals surface area contributed by atoms with Gasteiger partial charge in [0, 0.05) is 5.39 Å². The zero-order chi connectivity index (χ0) is 15.3. The molecule has 108 valence electrons. The van der Waals surface area contributed by atoms with E-state index in [4.69, 9.17) is 0 Å². The lowest BCUT2D eigenvalue weighted by molar-refractivity contribution is 0.484. The van der Waals surface area contributed by atoms with Crippen molar-refractivity contribution in [2.45, 2.75) is 4.90 Å². The molecule has 22 heavy (non-hydrogen) atoms. The van der Waals surface area contributed by atoms with Gasteiger partial charge in [-0.3, -0.25) is 4.55 Å². The molecule has 3 nitrogen and oxygen atoms in total. The summed E-state index contributed by atoms with van der Waals surface area (Å²) in [5.74, 6) is 0. The Balaban J connectivity index is 2.35. The minimum atomic E-state index is -4.29. The maximum absolute atomic E-state index is 11.8. The molecule has 0 unspecified atom stereocenters. The first-order valence-electron chi connectivity index (χ1n) is 6.86. The molecule has 0 amide bonds. The molecular formula is C18H12O3S. The molecule has 4 aromatic carbocycles. The van der Waals surface area contributed by atoms with Gasteiger partial charge < -0.3 is 0 Å². The predicted molar refractivity (Wildman–Crippen MR) is 88.8 cm³/mol. The van der Waals surface area contributed by atoms with Crippen molar-refractivity contribution in [2.24, 2.45) is 0 Å². The molecule has 0 heterocycles. The Bertz CT molecular complexity index is 1140. The van der Waals surface area contributed by atoms with Crippen LogP contribution in [0.15, 0.2) is 71.6 Å². The van der Waals surface area contributed by atoms with Crippen molar-refractivity contribution >= 4 is 42.4 Å². The molecule has 0 atom stereocenters. The predicted octanol–water partition coefficient (Wildman–Crippen LogP) is 4.39. The average molecular weight is 308 g/mol. The van der Waals surface area contributed by atoms with Gasteiger partial charge in [0.25, 0.3) is 10.1 Å². The Hall–Kier alpha value is -2.43. The normalized spacial score (nSPS) is 12.2. The Kier molecular flexibility index (Phi) is 2.73. The molecule has 0 aliphatic heterocycles. The maximum Gasteiger partial charge on any atom is 0.295 e. The molecule has 4 heteroatoms. The number of benzene rings is 4. The summed E-state index contributed by atoms with van der Waals surface area (Å²) in [6, 6.07) is 20.6. The SMILES string of the molecule is O=S(=O)(O)c1cc2c3ccccc3ccc2c2ccccc12. The van der Waals surface area contributed by atoms with Gasteiger partial charge in [-0.05, 0) is 33.0 Å². The third-order valence-corrected chi connectivity index (χ3v) is 4.90. The van der Waals surface area contributed by atoms with Crippen LogP contribution in [0.2, 0.25) is 0 Å². The van der Waals surface area contributed by atoms with E-state index in [0.717, 1.165) is 26.9 Å². The van der Waals surface area contributed by atoms with Crippen LogP contribution in [0, 0.1) is 0 Å². The molecular weight excluding hydrogens is 296 g/mol. The molecule has 0 aliphatic carbocycles. The Morgan fingerprint density at radius 2 is 1.23 bits per heavy atom. The van der Waals surface area contributed by atoms with Crippen molar-refractivity contribution < 1.29 is 13.0 Å². The summed E-state index contributed by atoms with van der Waals surface area (Å²) < 4.78 is 33.2. The Morgan fingerprint density at radius 1 is 0.636 bits per heavy atom. The monoisotopic (exact) mass is 308 g/mol. The van der Waals surface area contributed by atoms with E-state index in [1.807, 2.05) is 48.5 Å². The van der Waals surface area contributed by atoms with Crippen molar-refractivity contribution in [3.63, 3.8) is 0 Å². The first kappa shape index (κ1) is 13.2. The first-order chi connectivity index (χ1) is 10.6. The standard InChI is InChI=1S/C18H12O3S/c19-22(20,21)18-11-17-13-6-2-1-5-12(13)9-10-15(17)14-7-3-4-8-16(14)18/h1-11H,(H,19,20,21). The van der Waals surface area contributed by atoms with Crippen LogP contribution in [0.5, 0.6) is 0 Å². The van der Waals surface area contributed by atoms with Gasteiger partial charge in [-0.15, -0.1) is 0 Å². The molecule has 0 aromatic heterocycles. The highest BCUT2D eigenvalue weighted by molar-refractivity contribution is 7.86. The molecule has 0 spiro atoms. The quantitative estimate of drug-likeness (QED) is 0.419. The minimum Gasteiger partial charge on any atom is -0.282 e. The van der Waals surface area contributed by atoms with Crippen molar-refractivity contribution in [2.75, 3.05) is 0 Å². The summed E-state index contributed by atoms with van der Waals surface area (Å²) in [4.78, 5) is -0.0491. The lowest BCUT2D eigenvalue weighted by atomic mass is 9.97. The van der Waals surface area contributed by atoms with E-state index < -0.39 is 10.1 Å². The summed E-state index contributed by atoms with van der Waals surface area (Å²) in [6.45, 7) is 0. The van der Waals surface area contributed by atoms with Crippen LogP contribution in [0.25, 0.3) is 32.3 Å². The largest absolute Gasteiger partial charge is 0.295 e. The molecule has 4 rings (SSSR count). The smallest absolute Gasteiger partial charge is 0.282 e. The van der Waals surface area contributed by atoms with E-state index in [2.05, 4.69) is 0 Å². The molecule has 0 aliphatic rings. The van der Waals surface area contributed by atoms with Gasteiger partial charge in [0.05, 0.1) is 0 Å². The summed E-state index contributed by atoms with van der Waals surface area (Å²) in [5.41, 5.74) is 0. The van der Waals surface area contributed by atoms with Crippen LogP contribution in [-0.2, 0) is 10.1 Å². The molecule has 0 fully saturated rings. The Morgan fingerprint density at radius 3 is 1.95 bits per heavy atom. The lowest BCUT2D eigenvalue weighted by Crippen LogP contribution is -1.99. The van der Waals surface area contributed by atoms with E-state index >= 15 is 0 Å².